The van der Waals surface area contributed by atoms with E-state index in [1.807, 2.05) is 0 Å². The Morgan fingerprint density at radius 3 is 2.33 bits per heavy atom. The lowest BCUT2D eigenvalue weighted by atomic mass is 10.3. The summed E-state index contributed by atoms with van der Waals surface area (Å²) in [5.74, 6) is 1.62. The molecule has 2 aromatic heterocycles. The fraction of sp³-hybridized carbons (Fsp3) is 0.308. The summed E-state index contributed by atoms with van der Waals surface area (Å²) in [5.41, 5.74) is 0.0649. The summed E-state index contributed by atoms with van der Waals surface area (Å²) in [6.07, 6.45) is 4.89. The number of piperazine rings is 1. The smallest absolute Gasteiger partial charge is 0.308 e. The average Bonchev–Trinajstić information content (AvgIpc) is 2.56. The van der Waals surface area contributed by atoms with Gasteiger partial charge in [0, 0.05) is 24.5 Å². The lowest BCUT2D eigenvalue weighted by Gasteiger charge is -2.30. The van der Waals surface area contributed by atoms with Crippen molar-refractivity contribution in [1.29, 1.82) is 0 Å². The van der Waals surface area contributed by atoms with Crippen LogP contribution in [0.3, 0.4) is 0 Å². The summed E-state index contributed by atoms with van der Waals surface area (Å²) in [5, 5.41) is 10.6. The first-order valence-electron chi connectivity index (χ1n) is 6.67. The Bertz CT molecular complexity index is 610. The van der Waals surface area contributed by atoms with Gasteiger partial charge < -0.3 is 4.90 Å². The number of pyridine rings is 1. The van der Waals surface area contributed by atoms with E-state index < -0.39 is 4.92 Å². The number of anilines is 2. The first kappa shape index (κ1) is 13.2. The quantitative estimate of drug-likeness (QED) is 0.604. The Balaban J connectivity index is 1.64. The molecular weight excluding hydrogens is 272 g/mol. The van der Waals surface area contributed by atoms with Gasteiger partial charge in [-0.2, -0.15) is 0 Å². The third-order valence-corrected chi connectivity index (χ3v) is 3.45. The van der Waals surface area contributed by atoms with E-state index in [0.29, 0.717) is 0 Å². The first-order valence-corrected chi connectivity index (χ1v) is 6.67. The minimum atomic E-state index is -0.412. The van der Waals surface area contributed by atoms with Crippen LogP contribution in [-0.4, -0.2) is 41.1 Å². The molecule has 0 aliphatic carbocycles. The van der Waals surface area contributed by atoms with Crippen LogP contribution in [0.4, 0.5) is 17.5 Å². The molecule has 0 spiro atoms. The maximum Gasteiger partial charge on any atom is 0.308 e. The molecule has 1 aliphatic rings. The zero-order valence-electron chi connectivity index (χ0n) is 11.3. The summed E-state index contributed by atoms with van der Waals surface area (Å²) in [6, 6.07) is 5.05. The van der Waals surface area contributed by atoms with Crippen LogP contribution in [0.2, 0.25) is 0 Å². The van der Waals surface area contributed by atoms with Crippen LogP contribution in [-0.2, 0) is 0 Å². The fourth-order valence-corrected chi connectivity index (χ4v) is 2.32. The maximum atomic E-state index is 10.6. The Labute approximate surface area is 121 Å². The Hall–Kier alpha value is -2.77. The van der Waals surface area contributed by atoms with Crippen molar-refractivity contribution in [2.24, 2.45) is 0 Å². The Morgan fingerprint density at radius 1 is 1.10 bits per heavy atom. The number of nitrogens with one attached hydrogen (secondary N) is 1. The van der Waals surface area contributed by atoms with Gasteiger partial charge in [0.15, 0.2) is 6.20 Å². The lowest BCUT2D eigenvalue weighted by molar-refractivity contribution is -0.414. The van der Waals surface area contributed by atoms with Crippen LogP contribution >= 0.6 is 0 Å². The van der Waals surface area contributed by atoms with Gasteiger partial charge in [0.25, 0.3) is 5.82 Å². The van der Waals surface area contributed by atoms with Crippen LogP contribution in [0.1, 0.15) is 0 Å². The molecule has 0 aromatic carbocycles. The van der Waals surface area contributed by atoms with E-state index in [0.717, 1.165) is 37.9 Å². The van der Waals surface area contributed by atoms with Gasteiger partial charge in [-0.1, -0.05) is 0 Å². The number of H-pyrrole nitrogens is 1. The molecule has 0 saturated carbocycles. The molecule has 8 heteroatoms. The molecule has 0 atom stereocenters. The second kappa shape index (κ2) is 5.70. The summed E-state index contributed by atoms with van der Waals surface area (Å²) >= 11 is 0. The molecule has 8 nitrogen and oxygen atoms in total. The van der Waals surface area contributed by atoms with Gasteiger partial charge in [-0.3, -0.25) is 15.0 Å². The van der Waals surface area contributed by atoms with E-state index in [-0.39, 0.29) is 5.69 Å². The first-order chi connectivity index (χ1) is 10.2. The number of nitro groups is 1. The van der Waals surface area contributed by atoms with E-state index >= 15 is 0 Å². The van der Waals surface area contributed by atoms with Gasteiger partial charge in [-0.05, 0) is 6.07 Å². The van der Waals surface area contributed by atoms with Crippen LogP contribution in [0.25, 0.3) is 0 Å². The molecule has 0 bridgehead atoms. The number of hydrogen-bond donors (Lipinski definition) is 0. The number of nitrogens with zero attached hydrogens (tertiary/aromatic N) is 5. The minimum Gasteiger partial charge on any atom is -0.333 e. The van der Waals surface area contributed by atoms with Crippen molar-refractivity contribution in [3.8, 4) is 0 Å². The van der Waals surface area contributed by atoms with E-state index in [1.165, 1.54) is 12.3 Å². The van der Waals surface area contributed by atoms with Crippen LogP contribution in [0.15, 0.2) is 36.8 Å². The summed E-state index contributed by atoms with van der Waals surface area (Å²) in [7, 11) is 0. The van der Waals surface area contributed by atoms with Crippen LogP contribution < -0.4 is 14.8 Å². The fourth-order valence-electron chi connectivity index (χ4n) is 2.32. The molecule has 0 amide bonds. The van der Waals surface area contributed by atoms with Gasteiger partial charge in [0.05, 0.1) is 18.0 Å². The number of aromatic nitrogens is 3. The van der Waals surface area contributed by atoms with E-state index in [2.05, 4.69) is 24.8 Å². The standard InChI is InChI=1S/C13H14N6O2/c20-19(21)11-2-3-12(16-10-11)17-6-8-18(9-7-17)13-14-4-1-5-15-13/h1-5,10H,6-9H2/p+1. The average molecular weight is 287 g/mol. The SMILES string of the molecule is O=[N+]([O-])c1ccc(N2CCN(c3ncccn3)CC2)[nH+]c1. The van der Waals surface area contributed by atoms with Crippen molar-refractivity contribution < 1.29 is 9.91 Å². The number of rotatable bonds is 3. The van der Waals surface area contributed by atoms with E-state index in [4.69, 9.17) is 0 Å². The van der Waals surface area contributed by atoms with Gasteiger partial charge in [0.2, 0.25) is 5.95 Å². The number of aromatic amines is 1. The minimum absolute atomic E-state index is 0.0649. The predicted octanol–water partition coefficient (Wildman–Crippen LogP) is 0.525. The lowest BCUT2D eigenvalue weighted by Crippen LogP contribution is -2.48. The van der Waals surface area contributed by atoms with Crippen molar-refractivity contribution in [2.45, 2.75) is 0 Å². The zero-order chi connectivity index (χ0) is 14.7. The molecule has 1 fully saturated rings. The largest absolute Gasteiger partial charge is 0.333 e. The molecule has 3 heterocycles. The van der Waals surface area contributed by atoms with Crippen LogP contribution in [0, 0.1) is 10.1 Å². The van der Waals surface area contributed by atoms with Gasteiger partial charge in [-0.15, -0.1) is 0 Å². The third-order valence-electron chi connectivity index (χ3n) is 3.45. The molecule has 0 radical (unpaired) electrons. The van der Waals surface area contributed by atoms with Crippen LogP contribution in [0.5, 0.6) is 0 Å². The van der Waals surface area contributed by atoms with Crippen molar-refractivity contribution in [3.63, 3.8) is 0 Å². The molecule has 1 aliphatic heterocycles. The molecule has 1 N–H and O–H groups in total. The Morgan fingerprint density at radius 2 is 1.76 bits per heavy atom. The van der Waals surface area contributed by atoms with E-state index in [1.54, 1.807) is 24.5 Å². The molecule has 3 rings (SSSR count). The highest BCUT2D eigenvalue weighted by atomic mass is 16.6. The van der Waals surface area contributed by atoms with Crippen molar-refractivity contribution in [2.75, 3.05) is 36.0 Å². The highest BCUT2D eigenvalue weighted by Gasteiger charge is 2.25. The van der Waals surface area contributed by atoms with Gasteiger partial charge in [0.1, 0.15) is 13.1 Å². The Kier molecular flexibility index (Phi) is 3.59. The molecule has 0 unspecified atom stereocenters. The normalized spacial score (nSPS) is 15.0. The van der Waals surface area contributed by atoms with Gasteiger partial charge in [-0.25, -0.2) is 15.0 Å². The summed E-state index contributed by atoms with van der Waals surface area (Å²) < 4.78 is 0. The summed E-state index contributed by atoms with van der Waals surface area (Å²) in [4.78, 5) is 26.0. The van der Waals surface area contributed by atoms with Crippen molar-refractivity contribution in [3.05, 3.63) is 46.9 Å². The monoisotopic (exact) mass is 287 g/mol. The van der Waals surface area contributed by atoms with Crippen molar-refractivity contribution in [1.82, 2.24) is 9.97 Å². The highest BCUT2D eigenvalue weighted by Crippen LogP contribution is 2.16. The van der Waals surface area contributed by atoms with Crippen molar-refractivity contribution >= 4 is 17.5 Å². The molecule has 21 heavy (non-hydrogen) atoms. The zero-order valence-corrected chi connectivity index (χ0v) is 11.3. The highest BCUT2D eigenvalue weighted by molar-refractivity contribution is 5.40. The molecular formula is C13H15N6O2+. The topological polar surface area (TPSA) is 89.5 Å². The predicted molar refractivity (Wildman–Crippen MR) is 76.1 cm³/mol. The second-order valence-electron chi connectivity index (χ2n) is 4.71. The molecule has 2 aromatic rings. The number of hydrogen-bond acceptors (Lipinski definition) is 6. The van der Waals surface area contributed by atoms with E-state index in [9.17, 15) is 10.1 Å². The summed E-state index contributed by atoms with van der Waals surface area (Å²) in [6.45, 7) is 3.25. The molecule has 1 saturated heterocycles. The third kappa shape index (κ3) is 2.88. The second-order valence-corrected chi connectivity index (χ2v) is 4.71. The maximum absolute atomic E-state index is 10.6. The molecule has 108 valence electrons. The van der Waals surface area contributed by atoms with Gasteiger partial charge >= 0.3 is 5.69 Å².